The van der Waals surface area contributed by atoms with Gasteiger partial charge in [-0.2, -0.15) is 5.10 Å². The second kappa shape index (κ2) is 9.65. The maximum absolute atomic E-state index is 12.9. The van der Waals surface area contributed by atoms with E-state index < -0.39 is 0 Å². The van der Waals surface area contributed by atoms with Gasteiger partial charge in [0, 0.05) is 23.2 Å². The van der Waals surface area contributed by atoms with Crippen molar-refractivity contribution in [2.75, 3.05) is 6.61 Å². The highest BCUT2D eigenvalue weighted by Gasteiger charge is 2.31. The van der Waals surface area contributed by atoms with Crippen LogP contribution in [-0.2, 0) is 6.54 Å². The summed E-state index contributed by atoms with van der Waals surface area (Å²) in [6.45, 7) is 4.12. The maximum Gasteiger partial charge on any atom is 0.288 e. The average Bonchev–Trinajstić information content (AvgIpc) is 3.78. The molecular weight excluding hydrogens is 446 g/mol. The minimum atomic E-state index is -0.266. The van der Waals surface area contributed by atoms with Crippen LogP contribution in [0, 0.1) is 11.8 Å². The monoisotopic (exact) mass is 477 g/mol. The minimum Gasteiger partial charge on any atom is -0.431 e. The van der Waals surface area contributed by atoms with Gasteiger partial charge in [-0.05, 0) is 69.6 Å². The summed E-state index contributed by atoms with van der Waals surface area (Å²) in [4.78, 5) is 29.7. The molecule has 9 heteroatoms. The number of benzene rings is 1. The lowest BCUT2D eigenvalue weighted by Gasteiger charge is -2.13. The fourth-order valence-electron chi connectivity index (χ4n) is 4.32. The summed E-state index contributed by atoms with van der Waals surface area (Å²) in [5.74, 6) is 1.13. The van der Waals surface area contributed by atoms with Gasteiger partial charge in [0.25, 0.3) is 11.8 Å². The standard InChI is InChI=1S/C26H31N5O4/c1-15(17-6-7-17)28-24(33)22-13-21(30-31(22)10-11-32)19-4-3-5-20(12-19)26-27-14-23(35-26)25(34)29-16(2)18-8-9-18/h3-5,12-18,32H,6-11H2,1-2H3,(H,28,33)(H,29,34)/t15-,16+/m0/s1. The maximum atomic E-state index is 12.9. The summed E-state index contributed by atoms with van der Waals surface area (Å²) < 4.78 is 7.29. The second-order valence-electron chi connectivity index (χ2n) is 9.67. The molecule has 5 rings (SSSR count). The van der Waals surface area contributed by atoms with Gasteiger partial charge in [-0.15, -0.1) is 0 Å². The molecule has 0 bridgehead atoms. The Morgan fingerprint density at radius 2 is 1.71 bits per heavy atom. The van der Waals surface area contributed by atoms with Crippen LogP contribution in [0.15, 0.2) is 40.9 Å². The van der Waals surface area contributed by atoms with E-state index in [9.17, 15) is 14.7 Å². The van der Waals surface area contributed by atoms with Crippen LogP contribution in [0.2, 0.25) is 0 Å². The predicted molar refractivity (Wildman–Crippen MR) is 130 cm³/mol. The van der Waals surface area contributed by atoms with E-state index in [0.29, 0.717) is 34.7 Å². The molecule has 2 heterocycles. The highest BCUT2D eigenvalue weighted by Crippen LogP contribution is 2.33. The summed E-state index contributed by atoms with van der Waals surface area (Å²) in [7, 11) is 0. The first-order valence-corrected chi connectivity index (χ1v) is 12.3. The summed E-state index contributed by atoms with van der Waals surface area (Å²) in [5, 5.41) is 20.1. The van der Waals surface area contributed by atoms with Gasteiger partial charge in [0.05, 0.1) is 25.0 Å². The van der Waals surface area contributed by atoms with Crippen LogP contribution in [0.3, 0.4) is 0 Å². The van der Waals surface area contributed by atoms with Crippen LogP contribution in [-0.4, -0.2) is 50.4 Å². The first kappa shape index (κ1) is 23.3. The van der Waals surface area contributed by atoms with E-state index in [1.54, 1.807) is 6.07 Å². The van der Waals surface area contributed by atoms with Crippen molar-refractivity contribution < 1.29 is 19.1 Å². The van der Waals surface area contributed by atoms with Gasteiger partial charge in [0.1, 0.15) is 5.69 Å². The molecule has 0 saturated heterocycles. The average molecular weight is 478 g/mol. The zero-order chi connectivity index (χ0) is 24.5. The Kier molecular flexibility index (Phi) is 6.42. The molecule has 1 aromatic carbocycles. The molecule has 0 aliphatic heterocycles. The number of oxazole rings is 1. The summed E-state index contributed by atoms with van der Waals surface area (Å²) >= 11 is 0. The number of nitrogens with one attached hydrogen (secondary N) is 2. The zero-order valence-electron chi connectivity index (χ0n) is 20.0. The van der Waals surface area contributed by atoms with E-state index in [0.717, 1.165) is 31.2 Å². The molecule has 2 aromatic heterocycles. The number of hydrogen-bond acceptors (Lipinski definition) is 6. The number of aliphatic hydroxyl groups excluding tert-OH is 1. The van der Waals surface area contributed by atoms with Gasteiger partial charge < -0.3 is 20.2 Å². The summed E-state index contributed by atoms with van der Waals surface area (Å²) in [5.41, 5.74) is 2.48. The van der Waals surface area contributed by atoms with Crippen LogP contribution >= 0.6 is 0 Å². The van der Waals surface area contributed by atoms with E-state index in [-0.39, 0.29) is 42.8 Å². The zero-order valence-corrected chi connectivity index (χ0v) is 20.0. The second-order valence-corrected chi connectivity index (χ2v) is 9.67. The fourth-order valence-corrected chi connectivity index (χ4v) is 4.32. The molecule has 2 atom stereocenters. The van der Waals surface area contributed by atoms with Gasteiger partial charge in [0.15, 0.2) is 0 Å². The molecule has 35 heavy (non-hydrogen) atoms. The first-order valence-electron chi connectivity index (χ1n) is 12.3. The first-order chi connectivity index (χ1) is 16.9. The largest absolute Gasteiger partial charge is 0.431 e. The topological polar surface area (TPSA) is 122 Å². The molecule has 0 unspecified atom stereocenters. The Hall–Kier alpha value is -3.46. The Labute approximate surface area is 203 Å². The molecule has 2 aliphatic rings. The van der Waals surface area contributed by atoms with E-state index in [1.807, 2.05) is 38.1 Å². The van der Waals surface area contributed by atoms with Crippen LogP contribution in [0.25, 0.3) is 22.7 Å². The Bertz CT molecular complexity index is 1220. The summed E-state index contributed by atoms with van der Waals surface area (Å²) in [6, 6.07) is 9.40. The quantitative estimate of drug-likeness (QED) is 0.412. The number of carbonyl (C=O) groups is 2. The number of aliphatic hydroxyl groups is 1. The number of nitrogens with zero attached hydrogens (tertiary/aromatic N) is 3. The number of carbonyl (C=O) groups excluding carboxylic acids is 2. The van der Waals surface area contributed by atoms with Crippen molar-refractivity contribution in [1.82, 2.24) is 25.4 Å². The Morgan fingerprint density at radius 3 is 2.37 bits per heavy atom. The van der Waals surface area contributed by atoms with Crippen LogP contribution < -0.4 is 10.6 Å². The lowest BCUT2D eigenvalue weighted by Crippen LogP contribution is -2.35. The highest BCUT2D eigenvalue weighted by molar-refractivity contribution is 5.94. The predicted octanol–water partition coefficient (Wildman–Crippen LogP) is 3.25. The molecule has 0 spiro atoms. The number of aromatic nitrogens is 3. The third-order valence-electron chi connectivity index (χ3n) is 6.83. The SMILES string of the molecule is C[C@H](NC(=O)c1cc(-c2cccc(-c3ncc(C(=O)N[C@H](C)C4CC4)o3)c2)nn1CCO)C1CC1. The number of amides is 2. The molecule has 2 saturated carbocycles. The van der Waals surface area contributed by atoms with Crippen molar-refractivity contribution in [1.29, 1.82) is 0 Å². The molecule has 0 radical (unpaired) electrons. The smallest absolute Gasteiger partial charge is 0.288 e. The third-order valence-corrected chi connectivity index (χ3v) is 6.83. The molecule has 3 aromatic rings. The van der Waals surface area contributed by atoms with Crippen LogP contribution in [0.4, 0.5) is 0 Å². The normalized spacial score (nSPS) is 17.1. The van der Waals surface area contributed by atoms with Gasteiger partial charge in [-0.1, -0.05) is 12.1 Å². The van der Waals surface area contributed by atoms with Crippen molar-refractivity contribution in [2.24, 2.45) is 11.8 Å². The van der Waals surface area contributed by atoms with Crippen LogP contribution in [0.5, 0.6) is 0 Å². The van der Waals surface area contributed by atoms with Gasteiger partial charge in [-0.3, -0.25) is 14.3 Å². The molecular formula is C26H31N5O4. The molecule has 2 aliphatic carbocycles. The van der Waals surface area contributed by atoms with Gasteiger partial charge >= 0.3 is 0 Å². The number of rotatable bonds is 10. The highest BCUT2D eigenvalue weighted by atomic mass is 16.4. The lowest BCUT2D eigenvalue weighted by molar-refractivity contribution is 0.0905. The molecule has 2 amide bonds. The van der Waals surface area contributed by atoms with E-state index in [2.05, 4.69) is 20.7 Å². The van der Waals surface area contributed by atoms with Crippen molar-refractivity contribution in [3.63, 3.8) is 0 Å². The molecule has 9 nitrogen and oxygen atoms in total. The van der Waals surface area contributed by atoms with Crippen molar-refractivity contribution in [2.45, 2.75) is 58.2 Å². The molecule has 2 fully saturated rings. The number of hydrogen-bond donors (Lipinski definition) is 3. The van der Waals surface area contributed by atoms with Crippen molar-refractivity contribution in [3.05, 3.63) is 48.0 Å². The van der Waals surface area contributed by atoms with E-state index in [1.165, 1.54) is 10.9 Å². The third kappa shape index (κ3) is 5.30. The molecule has 184 valence electrons. The fraction of sp³-hybridized carbons (Fsp3) is 0.462. The van der Waals surface area contributed by atoms with Crippen molar-refractivity contribution >= 4 is 11.8 Å². The molecule has 3 N–H and O–H groups in total. The van der Waals surface area contributed by atoms with Gasteiger partial charge in [0.2, 0.25) is 11.7 Å². The van der Waals surface area contributed by atoms with E-state index >= 15 is 0 Å². The summed E-state index contributed by atoms with van der Waals surface area (Å²) in [6.07, 6.45) is 6.01. The van der Waals surface area contributed by atoms with Gasteiger partial charge in [-0.25, -0.2) is 4.98 Å². The van der Waals surface area contributed by atoms with E-state index in [4.69, 9.17) is 4.42 Å². The van der Waals surface area contributed by atoms with Crippen molar-refractivity contribution in [3.8, 4) is 22.7 Å². The van der Waals surface area contributed by atoms with Crippen LogP contribution in [0.1, 0.15) is 60.6 Å². The lowest BCUT2D eigenvalue weighted by atomic mass is 10.1. The Morgan fingerprint density at radius 1 is 1.06 bits per heavy atom. The Balaban J connectivity index is 1.35. The minimum absolute atomic E-state index is 0.107.